The van der Waals surface area contributed by atoms with Gasteiger partial charge in [-0.2, -0.15) is 18.3 Å². The molecule has 3 aromatic rings. The van der Waals surface area contributed by atoms with E-state index in [0.29, 0.717) is 35.9 Å². The van der Waals surface area contributed by atoms with Crippen LogP contribution in [-0.2, 0) is 0 Å². The van der Waals surface area contributed by atoms with Gasteiger partial charge in [-0.15, -0.1) is 0 Å². The third-order valence-corrected chi connectivity index (χ3v) is 4.50. The van der Waals surface area contributed by atoms with Crippen molar-refractivity contribution in [2.45, 2.75) is 38.9 Å². The molecule has 27 heavy (non-hydrogen) atoms. The second kappa shape index (κ2) is 6.07. The molecule has 1 aliphatic rings. The molecule has 1 fully saturated rings. The second-order valence-corrected chi connectivity index (χ2v) is 6.65. The Labute approximate surface area is 151 Å². The third kappa shape index (κ3) is 3.26. The van der Waals surface area contributed by atoms with Gasteiger partial charge in [0.25, 0.3) is 5.91 Å². The van der Waals surface area contributed by atoms with Crippen molar-refractivity contribution >= 4 is 11.6 Å². The van der Waals surface area contributed by atoms with Crippen LogP contribution in [0.4, 0.5) is 13.2 Å². The van der Waals surface area contributed by atoms with E-state index in [1.165, 1.54) is 16.9 Å². The molecule has 1 saturated carbocycles. The SMILES string of the molecule is Cc1ncc(-c2cc(C)n3ncc(C(=O)N[C@H](C4CC4)C(F)(F)F)c3n2)o1. The molecule has 7 nitrogen and oxygen atoms in total. The zero-order valence-corrected chi connectivity index (χ0v) is 14.5. The van der Waals surface area contributed by atoms with Gasteiger partial charge in [0.05, 0.1) is 12.4 Å². The maximum Gasteiger partial charge on any atom is 0.408 e. The molecule has 1 aliphatic carbocycles. The summed E-state index contributed by atoms with van der Waals surface area (Å²) >= 11 is 0. The summed E-state index contributed by atoms with van der Waals surface area (Å²) in [7, 11) is 0. The van der Waals surface area contributed by atoms with Crippen LogP contribution in [0.5, 0.6) is 0 Å². The maximum absolute atomic E-state index is 13.2. The molecule has 0 aromatic carbocycles. The minimum absolute atomic E-state index is 0.0221. The molecule has 0 radical (unpaired) electrons. The monoisotopic (exact) mass is 379 g/mol. The van der Waals surface area contributed by atoms with Gasteiger partial charge in [0.2, 0.25) is 0 Å². The number of nitrogens with zero attached hydrogens (tertiary/aromatic N) is 4. The van der Waals surface area contributed by atoms with Crippen LogP contribution in [-0.4, -0.2) is 37.7 Å². The van der Waals surface area contributed by atoms with E-state index in [4.69, 9.17) is 4.42 Å². The van der Waals surface area contributed by atoms with Crippen LogP contribution in [0.2, 0.25) is 0 Å². The Morgan fingerprint density at radius 3 is 2.67 bits per heavy atom. The van der Waals surface area contributed by atoms with Crippen LogP contribution < -0.4 is 5.32 Å². The van der Waals surface area contributed by atoms with Gasteiger partial charge in [-0.05, 0) is 31.7 Å². The van der Waals surface area contributed by atoms with E-state index in [1.54, 1.807) is 19.9 Å². The lowest BCUT2D eigenvalue weighted by atomic mass is 10.1. The molecule has 0 bridgehead atoms. The van der Waals surface area contributed by atoms with Gasteiger partial charge in [0.15, 0.2) is 17.3 Å². The largest absolute Gasteiger partial charge is 0.439 e. The van der Waals surface area contributed by atoms with E-state index in [2.05, 4.69) is 20.4 Å². The molecule has 0 unspecified atom stereocenters. The normalized spacial score (nSPS) is 15.9. The van der Waals surface area contributed by atoms with Crippen LogP contribution in [0, 0.1) is 19.8 Å². The molecule has 0 saturated heterocycles. The second-order valence-electron chi connectivity index (χ2n) is 6.65. The van der Waals surface area contributed by atoms with Crippen LogP contribution in [0.15, 0.2) is 22.9 Å². The lowest BCUT2D eigenvalue weighted by Crippen LogP contribution is -2.46. The Bertz CT molecular complexity index is 1020. The number of alkyl halides is 3. The number of amides is 1. The molecule has 0 spiro atoms. The van der Waals surface area contributed by atoms with Crippen LogP contribution >= 0.6 is 0 Å². The summed E-state index contributed by atoms with van der Waals surface area (Å²) < 4.78 is 46.5. The minimum atomic E-state index is -4.49. The number of aromatic nitrogens is 4. The Morgan fingerprint density at radius 1 is 1.33 bits per heavy atom. The van der Waals surface area contributed by atoms with Gasteiger partial charge in [0.1, 0.15) is 17.3 Å². The van der Waals surface area contributed by atoms with Crippen molar-refractivity contribution in [3.8, 4) is 11.5 Å². The Balaban J connectivity index is 1.71. The molecule has 3 heterocycles. The number of oxazole rings is 1. The Hall–Kier alpha value is -2.91. The fourth-order valence-electron chi connectivity index (χ4n) is 2.99. The van der Waals surface area contributed by atoms with Crippen molar-refractivity contribution in [3.63, 3.8) is 0 Å². The van der Waals surface area contributed by atoms with E-state index in [0.717, 1.165) is 0 Å². The lowest BCUT2D eigenvalue weighted by molar-refractivity contribution is -0.158. The average molecular weight is 379 g/mol. The minimum Gasteiger partial charge on any atom is -0.439 e. The van der Waals surface area contributed by atoms with Crippen LogP contribution in [0.1, 0.15) is 34.8 Å². The highest BCUT2D eigenvalue weighted by molar-refractivity contribution is 6.00. The Morgan fingerprint density at radius 2 is 2.07 bits per heavy atom. The predicted octanol–water partition coefficient (Wildman–Crippen LogP) is 3.07. The van der Waals surface area contributed by atoms with Gasteiger partial charge in [0, 0.05) is 12.6 Å². The van der Waals surface area contributed by atoms with Crippen molar-refractivity contribution in [1.82, 2.24) is 24.9 Å². The summed E-state index contributed by atoms with van der Waals surface area (Å²) in [6, 6.07) is -0.161. The van der Waals surface area contributed by atoms with Crippen molar-refractivity contribution < 1.29 is 22.4 Å². The zero-order chi connectivity index (χ0) is 19.3. The lowest BCUT2D eigenvalue weighted by Gasteiger charge is -2.20. The number of aryl methyl sites for hydroxylation is 2. The number of fused-ring (bicyclic) bond motifs is 1. The molecule has 3 aromatic heterocycles. The van der Waals surface area contributed by atoms with E-state index in [1.807, 2.05) is 0 Å². The van der Waals surface area contributed by atoms with Gasteiger partial charge >= 0.3 is 6.18 Å². The molecule has 0 aliphatic heterocycles. The smallest absolute Gasteiger partial charge is 0.408 e. The standard InChI is InChI=1S/C17H16F3N5O2/c1-8-5-12(13-7-21-9(2)27-13)23-15-11(6-22-25(8)15)16(26)24-14(10-3-4-10)17(18,19)20/h5-7,10,14H,3-4H2,1-2H3,(H,24,26)/t14-/m1/s1. The van der Waals surface area contributed by atoms with Crippen molar-refractivity contribution in [2.75, 3.05) is 0 Å². The van der Waals surface area contributed by atoms with Gasteiger partial charge in [-0.25, -0.2) is 14.5 Å². The summed E-state index contributed by atoms with van der Waals surface area (Å²) in [5.41, 5.74) is 1.21. The molecule has 1 atom stereocenters. The van der Waals surface area contributed by atoms with Crippen LogP contribution in [0.25, 0.3) is 17.1 Å². The van der Waals surface area contributed by atoms with E-state index in [9.17, 15) is 18.0 Å². The first-order valence-corrected chi connectivity index (χ1v) is 8.40. The predicted molar refractivity (Wildman–Crippen MR) is 88.0 cm³/mol. The molecule has 10 heteroatoms. The summed E-state index contributed by atoms with van der Waals surface area (Å²) in [6.07, 6.45) is -0.875. The highest BCUT2D eigenvalue weighted by Crippen LogP contribution is 2.40. The number of nitrogens with one attached hydrogen (secondary N) is 1. The van der Waals surface area contributed by atoms with Crippen LogP contribution in [0.3, 0.4) is 0 Å². The quantitative estimate of drug-likeness (QED) is 0.753. The molecular formula is C17H16F3N5O2. The summed E-state index contributed by atoms with van der Waals surface area (Å²) in [5, 5.41) is 6.18. The number of carbonyl (C=O) groups excluding carboxylic acids is 1. The van der Waals surface area contributed by atoms with Crippen molar-refractivity contribution in [2.24, 2.45) is 5.92 Å². The molecule has 4 rings (SSSR count). The van der Waals surface area contributed by atoms with Crippen molar-refractivity contribution in [1.29, 1.82) is 0 Å². The fraction of sp³-hybridized carbons (Fsp3) is 0.412. The maximum atomic E-state index is 13.2. The molecule has 1 amide bonds. The number of hydrogen-bond acceptors (Lipinski definition) is 5. The first-order chi connectivity index (χ1) is 12.7. The summed E-state index contributed by atoms with van der Waals surface area (Å²) in [6.45, 7) is 3.43. The van der Waals surface area contributed by atoms with E-state index >= 15 is 0 Å². The average Bonchev–Trinajstić information content (AvgIpc) is 3.17. The molecule has 1 N–H and O–H groups in total. The summed E-state index contributed by atoms with van der Waals surface area (Å²) in [4.78, 5) is 20.9. The van der Waals surface area contributed by atoms with E-state index < -0.39 is 24.0 Å². The molecular weight excluding hydrogens is 363 g/mol. The fourth-order valence-corrected chi connectivity index (χ4v) is 2.99. The highest BCUT2D eigenvalue weighted by atomic mass is 19.4. The number of halogens is 3. The first-order valence-electron chi connectivity index (χ1n) is 8.40. The zero-order valence-electron chi connectivity index (χ0n) is 14.5. The highest BCUT2D eigenvalue weighted by Gasteiger charge is 2.49. The molecule has 142 valence electrons. The van der Waals surface area contributed by atoms with Gasteiger partial charge < -0.3 is 9.73 Å². The third-order valence-electron chi connectivity index (χ3n) is 4.50. The number of rotatable bonds is 4. The van der Waals surface area contributed by atoms with E-state index in [-0.39, 0.29) is 11.2 Å². The number of hydrogen-bond donors (Lipinski definition) is 1. The first kappa shape index (κ1) is 17.5. The van der Waals surface area contributed by atoms with Gasteiger partial charge in [-0.3, -0.25) is 4.79 Å². The topological polar surface area (TPSA) is 85.3 Å². The Kier molecular flexibility index (Phi) is 3.93. The van der Waals surface area contributed by atoms with Crippen molar-refractivity contribution in [3.05, 3.63) is 35.6 Å². The van der Waals surface area contributed by atoms with Gasteiger partial charge in [-0.1, -0.05) is 0 Å². The summed E-state index contributed by atoms with van der Waals surface area (Å²) in [5.74, 6) is -0.569. The number of carbonyl (C=O) groups is 1.